The largest absolute Gasteiger partial charge is 0.444 e. The van der Waals surface area contributed by atoms with Crippen LogP contribution in [0.4, 0.5) is 13.6 Å². The summed E-state index contributed by atoms with van der Waals surface area (Å²) in [6.07, 6.45) is -0.157. The molecule has 1 N–H and O–H groups in total. The van der Waals surface area contributed by atoms with Crippen LogP contribution >= 0.6 is 0 Å². The number of fused-ring (bicyclic) bond motifs is 2. The average Bonchev–Trinajstić information content (AvgIpc) is 3.47. The molecule has 2 amide bonds. The van der Waals surface area contributed by atoms with Crippen LogP contribution < -0.4 is 5.32 Å². The second kappa shape index (κ2) is 9.85. The van der Waals surface area contributed by atoms with E-state index in [4.69, 9.17) is 14.2 Å². The lowest BCUT2D eigenvalue weighted by molar-refractivity contribution is -0.143. The van der Waals surface area contributed by atoms with Crippen molar-refractivity contribution in [3.05, 3.63) is 0 Å². The number of nitrogens with one attached hydrogen (secondary N) is 1. The summed E-state index contributed by atoms with van der Waals surface area (Å²) in [5, 5.41) is 3.59. The molecule has 3 heterocycles. The number of carbonyl (C=O) groups is 2. The van der Waals surface area contributed by atoms with Gasteiger partial charge in [-0.1, -0.05) is 0 Å². The first-order valence-electron chi connectivity index (χ1n) is 12.5. The zero-order chi connectivity index (χ0) is 24.7. The van der Waals surface area contributed by atoms with Crippen LogP contribution in [0.25, 0.3) is 0 Å². The molecule has 0 aromatic carbocycles. The normalized spacial score (nSPS) is 35.9. The molecule has 0 unspecified atom stereocenters. The molecule has 4 aliphatic rings. The van der Waals surface area contributed by atoms with Crippen molar-refractivity contribution in [3.8, 4) is 0 Å². The second-order valence-corrected chi connectivity index (χ2v) is 11.3. The van der Waals surface area contributed by atoms with E-state index in [0.29, 0.717) is 52.0 Å². The van der Waals surface area contributed by atoms with Gasteiger partial charge in [-0.25, -0.2) is 13.6 Å². The number of methoxy groups -OCH3 is 1. The Labute approximate surface area is 200 Å². The van der Waals surface area contributed by atoms with Crippen molar-refractivity contribution in [3.63, 3.8) is 0 Å². The highest BCUT2D eigenvalue weighted by atomic mass is 19.3. The summed E-state index contributed by atoms with van der Waals surface area (Å²) in [6, 6.07) is -0.231. The van der Waals surface area contributed by atoms with Crippen LogP contribution in [0.3, 0.4) is 0 Å². The molecule has 194 valence electrons. The Bertz CT molecular complexity index is 763. The number of ether oxygens (including phenoxy) is 3. The van der Waals surface area contributed by atoms with E-state index in [2.05, 4.69) is 5.32 Å². The third kappa shape index (κ3) is 5.33. The molecule has 0 aromatic heterocycles. The van der Waals surface area contributed by atoms with E-state index in [9.17, 15) is 18.4 Å². The summed E-state index contributed by atoms with van der Waals surface area (Å²) in [4.78, 5) is 30.3. The van der Waals surface area contributed by atoms with Crippen LogP contribution in [-0.4, -0.2) is 97.0 Å². The molecule has 0 radical (unpaired) electrons. The van der Waals surface area contributed by atoms with Crippen molar-refractivity contribution in [1.29, 1.82) is 0 Å². The first-order valence-corrected chi connectivity index (χ1v) is 12.5. The Kier molecular flexibility index (Phi) is 7.41. The van der Waals surface area contributed by atoms with Gasteiger partial charge in [0.2, 0.25) is 12.3 Å². The van der Waals surface area contributed by atoms with E-state index in [1.54, 1.807) is 12.0 Å². The molecule has 3 saturated heterocycles. The number of nitrogens with zero attached hydrogens (tertiary/aromatic N) is 2. The van der Waals surface area contributed by atoms with Crippen molar-refractivity contribution >= 4 is 12.0 Å². The number of likely N-dealkylation sites (tertiary alicyclic amines) is 2. The van der Waals surface area contributed by atoms with Gasteiger partial charge in [-0.3, -0.25) is 10.1 Å². The molecule has 6 atom stereocenters. The fraction of sp³-hybridized carbons (Fsp3) is 0.917. The van der Waals surface area contributed by atoms with Gasteiger partial charge < -0.3 is 24.0 Å². The van der Waals surface area contributed by atoms with Crippen LogP contribution in [-0.2, 0) is 19.0 Å². The minimum absolute atomic E-state index is 0.0260. The van der Waals surface area contributed by atoms with Crippen LogP contribution in [0.1, 0.15) is 59.3 Å². The smallest absolute Gasteiger partial charge is 0.410 e. The average molecular weight is 488 g/mol. The van der Waals surface area contributed by atoms with Gasteiger partial charge in [0.1, 0.15) is 5.60 Å². The number of halogens is 2. The maximum absolute atomic E-state index is 14.0. The topological polar surface area (TPSA) is 80.3 Å². The van der Waals surface area contributed by atoms with E-state index in [1.165, 1.54) is 0 Å². The number of carbonyl (C=O) groups excluding carboxylic acids is 2. The molecule has 1 aliphatic carbocycles. The number of rotatable bonds is 6. The molecule has 1 saturated carbocycles. The summed E-state index contributed by atoms with van der Waals surface area (Å²) in [5.41, 5.74) is -1.47. The summed E-state index contributed by atoms with van der Waals surface area (Å²) in [7, 11) is 1.63. The fourth-order valence-corrected chi connectivity index (χ4v) is 6.19. The summed E-state index contributed by atoms with van der Waals surface area (Å²) >= 11 is 0. The molecule has 4 fully saturated rings. The van der Waals surface area contributed by atoms with Gasteiger partial charge in [-0.05, 0) is 58.8 Å². The Morgan fingerprint density at radius 1 is 1.18 bits per heavy atom. The van der Waals surface area contributed by atoms with Gasteiger partial charge in [0.25, 0.3) is 0 Å². The van der Waals surface area contributed by atoms with Gasteiger partial charge in [0.05, 0.1) is 30.3 Å². The number of alkyl halides is 2. The molecule has 2 bridgehead atoms. The zero-order valence-electron chi connectivity index (χ0n) is 20.7. The van der Waals surface area contributed by atoms with E-state index >= 15 is 0 Å². The van der Waals surface area contributed by atoms with Crippen LogP contribution in [0.5, 0.6) is 0 Å². The number of amides is 2. The maximum atomic E-state index is 14.0. The number of hydrogen-bond donors (Lipinski definition) is 1. The van der Waals surface area contributed by atoms with E-state index in [0.717, 1.165) is 6.42 Å². The van der Waals surface area contributed by atoms with Crippen molar-refractivity contribution in [1.82, 2.24) is 15.1 Å². The molecular formula is C24H39F2N3O5. The SMILES string of the molecule is CO[C@@H]1COCC[C@@H]1N[C@]1(C(=O)N2C[C@@H]3C[C@H]2CN3C(=O)OC(C)(C)C)CC[C@H](CC(F)F)C1. The van der Waals surface area contributed by atoms with Gasteiger partial charge in [-0.15, -0.1) is 0 Å². The molecule has 4 rings (SSSR count). The Balaban J connectivity index is 1.48. The minimum Gasteiger partial charge on any atom is -0.444 e. The molecular weight excluding hydrogens is 448 g/mol. The van der Waals surface area contributed by atoms with Crippen LogP contribution in [0.15, 0.2) is 0 Å². The fourth-order valence-electron chi connectivity index (χ4n) is 6.19. The monoisotopic (exact) mass is 487 g/mol. The van der Waals surface area contributed by atoms with Gasteiger partial charge >= 0.3 is 6.09 Å². The first-order chi connectivity index (χ1) is 16.0. The lowest BCUT2D eigenvalue weighted by Gasteiger charge is -2.43. The van der Waals surface area contributed by atoms with Crippen molar-refractivity contribution in [2.45, 2.75) is 101 Å². The number of piperazine rings is 1. The third-order valence-electron chi connectivity index (χ3n) is 7.74. The predicted octanol–water partition coefficient (Wildman–Crippen LogP) is 2.79. The van der Waals surface area contributed by atoms with Gasteiger partial charge in [0.15, 0.2) is 0 Å². The van der Waals surface area contributed by atoms with E-state index in [1.807, 2.05) is 25.7 Å². The molecule has 0 aromatic rings. The molecule has 8 nitrogen and oxygen atoms in total. The molecule has 3 aliphatic heterocycles. The van der Waals surface area contributed by atoms with E-state index in [-0.39, 0.29) is 48.6 Å². The zero-order valence-corrected chi connectivity index (χ0v) is 20.7. The van der Waals surface area contributed by atoms with Crippen LogP contribution in [0.2, 0.25) is 0 Å². The highest BCUT2D eigenvalue weighted by Gasteiger charge is 2.55. The van der Waals surface area contributed by atoms with Gasteiger partial charge in [-0.2, -0.15) is 0 Å². The summed E-state index contributed by atoms with van der Waals surface area (Å²) in [5.74, 6) is -0.225. The van der Waals surface area contributed by atoms with E-state index < -0.39 is 17.6 Å². The Hall–Kier alpha value is -1.52. The summed E-state index contributed by atoms with van der Waals surface area (Å²) < 4.78 is 43.0. The third-order valence-corrected chi connectivity index (χ3v) is 7.74. The summed E-state index contributed by atoms with van der Waals surface area (Å²) in [6.45, 7) is 7.42. The maximum Gasteiger partial charge on any atom is 0.410 e. The minimum atomic E-state index is -2.38. The number of hydrogen-bond acceptors (Lipinski definition) is 6. The second-order valence-electron chi connectivity index (χ2n) is 11.3. The first kappa shape index (κ1) is 25.6. The highest BCUT2D eigenvalue weighted by Crippen LogP contribution is 2.42. The Morgan fingerprint density at radius 2 is 1.88 bits per heavy atom. The van der Waals surface area contributed by atoms with Crippen molar-refractivity contribution in [2.75, 3.05) is 33.4 Å². The van der Waals surface area contributed by atoms with Gasteiger partial charge in [0, 0.05) is 39.3 Å². The quantitative estimate of drug-likeness (QED) is 0.621. The van der Waals surface area contributed by atoms with Crippen molar-refractivity contribution in [2.24, 2.45) is 5.92 Å². The lowest BCUT2D eigenvalue weighted by Crippen LogP contribution is -2.65. The standard InChI is InChI=1S/C24H39F2N3O5/c1-23(2,3)34-22(31)29-13-16-10-17(29)12-28(16)21(30)24(7-5-15(11-24)9-20(25)26)27-18-6-8-33-14-19(18)32-4/h15-20,27H,5-14H2,1-4H3/t15-,16+,17+,18+,19-,24-/m1/s1. The van der Waals surface area contributed by atoms with Crippen molar-refractivity contribution < 1.29 is 32.6 Å². The van der Waals surface area contributed by atoms with Crippen LogP contribution in [0, 0.1) is 5.92 Å². The predicted molar refractivity (Wildman–Crippen MR) is 121 cm³/mol. The molecule has 34 heavy (non-hydrogen) atoms. The highest BCUT2D eigenvalue weighted by molar-refractivity contribution is 5.88. The Morgan fingerprint density at radius 3 is 2.50 bits per heavy atom. The lowest BCUT2D eigenvalue weighted by atomic mass is 9.89. The molecule has 0 spiro atoms. The molecule has 10 heteroatoms.